The van der Waals surface area contributed by atoms with E-state index in [2.05, 4.69) is 14.8 Å². The van der Waals surface area contributed by atoms with Crippen LogP contribution in [0.5, 0.6) is 5.75 Å². The number of pyridine rings is 1. The summed E-state index contributed by atoms with van der Waals surface area (Å²) in [6.45, 7) is 7.38. The molecule has 3 aromatic rings. The number of methoxy groups -OCH3 is 1. The second-order valence-corrected chi connectivity index (χ2v) is 5.81. The van der Waals surface area contributed by atoms with E-state index in [9.17, 15) is 8.78 Å². The molecule has 1 saturated carbocycles. The minimum Gasteiger partial charge on any atom is -0.496 e. The van der Waals surface area contributed by atoms with Crippen molar-refractivity contribution in [1.82, 2.24) is 9.97 Å². The standard InChI is InChI=1S/C18H13F2N3O/c1-21-12-8-23-18-16(14(12)9-3-4-9)10(7-22-18)15-13(24-2)6-5-11(19)17(15)20/h5-9H,3-4H2,2H3,(H,22,23). The maximum Gasteiger partial charge on any atom is 0.209 e. The number of nitrogens with zero attached hydrogens (tertiary/aromatic N) is 2. The molecule has 24 heavy (non-hydrogen) atoms. The highest BCUT2D eigenvalue weighted by Crippen LogP contribution is 2.50. The van der Waals surface area contributed by atoms with Crippen LogP contribution in [-0.2, 0) is 0 Å². The molecule has 4 nitrogen and oxygen atoms in total. The fourth-order valence-electron chi connectivity index (χ4n) is 3.14. The van der Waals surface area contributed by atoms with E-state index in [0.717, 1.165) is 24.5 Å². The lowest BCUT2D eigenvalue weighted by molar-refractivity contribution is 0.409. The molecule has 0 bridgehead atoms. The third kappa shape index (κ3) is 2.05. The number of aromatic nitrogens is 2. The number of aromatic amines is 1. The van der Waals surface area contributed by atoms with Crippen LogP contribution in [0.3, 0.4) is 0 Å². The van der Waals surface area contributed by atoms with Crippen LogP contribution in [0, 0.1) is 18.2 Å². The average Bonchev–Trinajstić information content (AvgIpc) is 3.35. The molecule has 1 fully saturated rings. The zero-order chi connectivity index (χ0) is 16.8. The molecule has 0 saturated heterocycles. The molecule has 1 aliphatic carbocycles. The van der Waals surface area contributed by atoms with Crippen molar-refractivity contribution in [2.24, 2.45) is 0 Å². The molecule has 6 heteroatoms. The first-order valence-electron chi connectivity index (χ1n) is 7.55. The first-order chi connectivity index (χ1) is 11.7. The van der Waals surface area contributed by atoms with Crippen LogP contribution in [0.25, 0.3) is 27.0 Å². The van der Waals surface area contributed by atoms with Gasteiger partial charge in [-0.25, -0.2) is 13.6 Å². The van der Waals surface area contributed by atoms with Crippen LogP contribution >= 0.6 is 0 Å². The monoisotopic (exact) mass is 325 g/mol. The molecule has 1 aliphatic rings. The summed E-state index contributed by atoms with van der Waals surface area (Å²) in [5.41, 5.74) is 2.40. The summed E-state index contributed by atoms with van der Waals surface area (Å²) < 4.78 is 33.5. The molecule has 0 radical (unpaired) electrons. The molecule has 1 N–H and O–H groups in total. The van der Waals surface area contributed by atoms with Crippen LogP contribution < -0.4 is 4.74 Å². The Kier molecular flexibility index (Phi) is 3.24. The van der Waals surface area contributed by atoms with Crippen LogP contribution in [0.15, 0.2) is 24.5 Å². The van der Waals surface area contributed by atoms with Gasteiger partial charge in [-0.3, -0.25) is 4.98 Å². The smallest absolute Gasteiger partial charge is 0.209 e. The molecule has 2 aromatic heterocycles. The largest absolute Gasteiger partial charge is 0.496 e. The molecule has 120 valence electrons. The van der Waals surface area contributed by atoms with E-state index in [1.54, 1.807) is 6.20 Å². The number of ether oxygens (including phenoxy) is 1. The van der Waals surface area contributed by atoms with Gasteiger partial charge in [0, 0.05) is 23.3 Å². The van der Waals surface area contributed by atoms with Gasteiger partial charge in [-0.2, -0.15) is 0 Å². The van der Waals surface area contributed by atoms with Gasteiger partial charge in [-0.15, -0.1) is 0 Å². The van der Waals surface area contributed by atoms with Crippen molar-refractivity contribution in [3.05, 3.63) is 53.1 Å². The van der Waals surface area contributed by atoms with Gasteiger partial charge >= 0.3 is 0 Å². The highest BCUT2D eigenvalue weighted by molar-refractivity contribution is 6.00. The quantitative estimate of drug-likeness (QED) is 0.693. The van der Waals surface area contributed by atoms with E-state index in [-0.39, 0.29) is 17.2 Å². The third-order valence-electron chi connectivity index (χ3n) is 4.37. The van der Waals surface area contributed by atoms with Gasteiger partial charge in [0.05, 0.1) is 19.2 Å². The molecule has 0 unspecified atom stereocenters. The van der Waals surface area contributed by atoms with Gasteiger partial charge in [0.1, 0.15) is 11.4 Å². The lowest BCUT2D eigenvalue weighted by Gasteiger charge is -2.12. The van der Waals surface area contributed by atoms with Crippen molar-refractivity contribution in [2.45, 2.75) is 18.8 Å². The van der Waals surface area contributed by atoms with Gasteiger partial charge in [-0.1, -0.05) is 0 Å². The highest BCUT2D eigenvalue weighted by Gasteiger charge is 2.31. The molecule has 0 aliphatic heterocycles. The number of benzene rings is 1. The SMILES string of the molecule is [C-]#[N+]c1cnc2[nH]cc(-c3c(OC)ccc(F)c3F)c2c1C1CC1. The zero-order valence-corrected chi connectivity index (χ0v) is 12.9. The molecule has 0 spiro atoms. The summed E-state index contributed by atoms with van der Waals surface area (Å²) in [7, 11) is 1.41. The average molecular weight is 325 g/mol. The van der Waals surface area contributed by atoms with Gasteiger partial charge in [0.2, 0.25) is 5.69 Å². The first kappa shape index (κ1) is 14.6. The molecule has 2 heterocycles. The normalized spacial score (nSPS) is 13.9. The molecule has 4 rings (SSSR count). The van der Waals surface area contributed by atoms with Gasteiger partial charge < -0.3 is 9.72 Å². The van der Waals surface area contributed by atoms with Crippen molar-refractivity contribution in [1.29, 1.82) is 0 Å². The van der Waals surface area contributed by atoms with E-state index < -0.39 is 11.6 Å². The summed E-state index contributed by atoms with van der Waals surface area (Å²) >= 11 is 0. The Morgan fingerprint density at radius 1 is 1.33 bits per heavy atom. The molecular weight excluding hydrogens is 312 g/mol. The minimum atomic E-state index is -0.967. The van der Waals surface area contributed by atoms with Crippen LogP contribution in [0.1, 0.15) is 24.3 Å². The van der Waals surface area contributed by atoms with E-state index in [1.807, 2.05) is 0 Å². The topological polar surface area (TPSA) is 42.3 Å². The minimum absolute atomic E-state index is 0.0505. The Labute approximate surface area is 136 Å². The number of fused-ring (bicyclic) bond motifs is 1. The van der Waals surface area contributed by atoms with Gasteiger partial charge in [0.25, 0.3) is 0 Å². The summed E-state index contributed by atoms with van der Waals surface area (Å²) in [5.74, 6) is -1.41. The van der Waals surface area contributed by atoms with Gasteiger partial charge in [0.15, 0.2) is 11.6 Å². The second kappa shape index (κ2) is 5.31. The molecule has 0 amide bonds. The predicted octanol–water partition coefficient (Wildman–Crippen LogP) is 4.94. The van der Waals surface area contributed by atoms with Gasteiger partial charge in [-0.05, 0) is 36.5 Å². The number of H-pyrrole nitrogens is 1. The van der Waals surface area contributed by atoms with Crippen molar-refractivity contribution in [3.8, 4) is 16.9 Å². The van der Waals surface area contributed by atoms with Crippen LogP contribution in [0.4, 0.5) is 14.5 Å². The highest BCUT2D eigenvalue weighted by atomic mass is 19.2. The summed E-state index contributed by atoms with van der Waals surface area (Å²) in [6.07, 6.45) is 5.09. The molecule has 1 aromatic carbocycles. The van der Waals surface area contributed by atoms with Crippen LogP contribution in [-0.4, -0.2) is 17.1 Å². The Morgan fingerprint density at radius 3 is 2.79 bits per heavy atom. The first-order valence-corrected chi connectivity index (χ1v) is 7.55. The molecule has 0 atom stereocenters. The second-order valence-electron chi connectivity index (χ2n) is 5.81. The molecular formula is C18H13F2N3O. The number of hydrogen-bond acceptors (Lipinski definition) is 2. The van der Waals surface area contributed by atoms with E-state index >= 15 is 0 Å². The lowest BCUT2D eigenvalue weighted by Crippen LogP contribution is -1.95. The van der Waals surface area contributed by atoms with E-state index in [4.69, 9.17) is 11.3 Å². The van der Waals surface area contributed by atoms with E-state index in [1.165, 1.54) is 19.4 Å². The maximum atomic E-state index is 14.5. The van der Waals surface area contributed by atoms with Crippen molar-refractivity contribution >= 4 is 16.7 Å². The fourth-order valence-corrected chi connectivity index (χ4v) is 3.14. The predicted molar refractivity (Wildman–Crippen MR) is 86.2 cm³/mol. The fraction of sp³-hybridized carbons (Fsp3) is 0.222. The summed E-state index contributed by atoms with van der Waals surface area (Å²) in [6, 6.07) is 2.44. The number of nitrogens with one attached hydrogen (secondary N) is 1. The number of hydrogen-bond donors (Lipinski definition) is 1. The Bertz CT molecular complexity index is 1000. The third-order valence-corrected chi connectivity index (χ3v) is 4.37. The Hall–Kier alpha value is -2.94. The summed E-state index contributed by atoms with van der Waals surface area (Å²) in [4.78, 5) is 10.8. The lowest BCUT2D eigenvalue weighted by atomic mass is 9.97. The van der Waals surface area contributed by atoms with Crippen molar-refractivity contribution in [3.63, 3.8) is 0 Å². The van der Waals surface area contributed by atoms with Crippen LogP contribution in [0.2, 0.25) is 0 Å². The summed E-state index contributed by atoms with van der Waals surface area (Å²) in [5, 5.41) is 0.675. The maximum absolute atomic E-state index is 14.5. The van der Waals surface area contributed by atoms with Crippen molar-refractivity contribution < 1.29 is 13.5 Å². The Balaban J connectivity index is 2.10. The Morgan fingerprint density at radius 2 is 2.12 bits per heavy atom. The number of halogens is 2. The zero-order valence-electron chi connectivity index (χ0n) is 12.9. The van der Waals surface area contributed by atoms with Crippen molar-refractivity contribution in [2.75, 3.05) is 7.11 Å². The number of rotatable bonds is 3. The van der Waals surface area contributed by atoms with E-state index in [0.29, 0.717) is 22.3 Å².